The van der Waals surface area contributed by atoms with Gasteiger partial charge in [-0.2, -0.15) is 0 Å². The third-order valence-electron chi connectivity index (χ3n) is 2.52. The topological polar surface area (TPSA) is 0 Å². The van der Waals surface area contributed by atoms with Crippen LogP contribution < -0.4 is 0 Å². The van der Waals surface area contributed by atoms with Gasteiger partial charge >= 0.3 is 0 Å². The zero-order valence-corrected chi connectivity index (χ0v) is 12.6. The van der Waals surface area contributed by atoms with Crippen LogP contribution in [0.4, 0.5) is 0 Å². The summed E-state index contributed by atoms with van der Waals surface area (Å²) in [5.41, 5.74) is 0. The van der Waals surface area contributed by atoms with Gasteiger partial charge < -0.3 is 0 Å². The normalized spacial score (nSPS) is 13.1. The van der Waals surface area contributed by atoms with Gasteiger partial charge in [0.25, 0.3) is 0 Å². The predicted molar refractivity (Wildman–Crippen MR) is 73.7 cm³/mol. The highest BCUT2D eigenvalue weighted by Gasteiger charge is 2.02. The van der Waals surface area contributed by atoms with Crippen molar-refractivity contribution in [3.63, 3.8) is 0 Å². The molecule has 0 aromatic carbocycles. The van der Waals surface area contributed by atoms with E-state index < -0.39 is 0 Å². The summed E-state index contributed by atoms with van der Waals surface area (Å²) in [6.45, 7) is 2.26. The maximum Gasteiger partial charge on any atom is 0.0145 e. The van der Waals surface area contributed by atoms with Crippen molar-refractivity contribution in [2.24, 2.45) is 0 Å². The second-order valence-electron chi connectivity index (χ2n) is 3.98. The molecule has 86 valence electrons. The summed E-state index contributed by atoms with van der Waals surface area (Å²) < 4.78 is 0. The predicted octanol–water partition coefficient (Wildman–Crippen LogP) is 5.68. The van der Waals surface area contributed by atoms with E-state index in [-0.39, 0.29) is 0 Å². The van der Waals surface area contributed by atoms with E-state index in [1.807, 2.05) is 0 Å². The van der Waals surface area contributed by atoms with Gasteiger partial charge in [0.15, 0.2) is 0 Å². The molecule has 0 nitrogen and oxygen atoms in total. The molecular weight excluding hydrogens is 304 g/mol. The maximum atomic E-state index is 3.75. The number of hydrogen-bond acceptors (Lipinski definition) is 0. The number of halogens is 2. The van der Waals surface area contributed by atoms with Gasteiger partial charge in [-0.1, -0.05) is 77.3 Å². The summed E-state index contributed by atoms with van der Waals surface area (Å²) in [4.78, 5) is 0.777. The molecule has 0 aromatic rings. The van der Waals surface area contributed by atoms with Gasteiger partial charge in [0.2, 0.25) is 0 Å². The molecule has 0 N–H and O–H groups in total. The van der Waals surface area contributed by atoms with Crippen LogP contribution in [0.3, 0.4) is 0 Å². The molecule has 0 radical (unpaired) electrons. The van der Waals surface area contributed by atoms with Crippen molar-refractivity contribution in [2.45, 2.75) is 69.5 Å². The van der Waals surface area contributed by atoms with Crippen LogP contribution in [0.15, 0.2) is 0 Å². The Kier molecular flexibility index (Phi) is 12.9. The molecule has 0 aromatic heterocycles. The summed E-state index contributed by atoms with van der Waals surface area (Å²) in [6, 6.07) is 0. The minimum atomic E-state index is 0.777. The lowest BCUT2D eigenvalue weighted by atomic mass is 10.1. The van der Waals surface area contributed by atoms with Crippen LogP contribution in [0.2, 0.25) is 0 Å². The van der Waals surface area contributed by atoms with Crippen molar-refractivity contribution in [2.75, 3.05) is 5.33 Å². The SMILES string of the molecule is CCCCC(Br)CCCCCCCBr. The molecule has 0 fully saturated rings. The Balaban J connectivity index is 3.02. The number of alkyl halides is 2. The summed E-state index contributed by atoms with van der Waals surface area (Å²) in [5.74, 6) is 0. The first-order valence-corrected chi connectivity index (χ1v) is 8.05. The van der Waals surface area contributed by atoms with Crippen molar-refractivity contribution in [3.8, 4) is 0 Å². The lowest BCUT2D eigenvalue weighted by molar-refractivity contribution is 0.577. The van der Waals surface area contributed by atoms with Crippen LogP contribution in [0.25, 0.3) is 0 Å². The molecule has 2 heteroatoms. The van der Waals surface area contributed by atoms with Gasteiger partial charge in [0.05, 0.1) is 0 Å². The standard InChI is InChI=1S/C12H24Br2/c1-2-3-9-12(14)10-7-5-4-6-8-11-13/h12H,2-11H2,1H3. The fourth-order valence-electron chi connectivity index (χ4n) is 1.56. The Hall–Kier alpha value is 0.960. The molecule has 0 aliphatic carbocycles. The maximum absolute atomic E-state index is 3.75. The van der Waals surface area contributed by atoms with E-state index in [9.17, 15) is 0 Å². The molecule has 0 spiro atoms. The first-order chi connectivity index (χ1) is 6.81. The Bertz CT molecular complexity index is 104. The van der Waals surface area contributed by atoms with Crippen molar-refractivity contribution < 1.29 is 0 Å². The van der Waals surface area contributed by atoms with E-state index in [2.05, 4.69) is 38.8 Å². The molecule has 14 heavy (non-hydrogen) atoms. The molecule has 0 amide bonds. The minimum absolute atomic E-state index is 0.777. The zero-order chi connectivity index (χ0) is 10.6. The third-order valence-corrected chi connectivity index (χ3v) is 4.00. The van der Waals surface area contributed by atoms with Crippen molar-refractivity contribution in [3.05, 3.63) is 0 Å². The van der Waals surface area contributed by atoms with Gasteiger partial charge in [-0.25, -0.2) is 0 Å². The summed E-state index contributed by atoms with van der Waals surface area (Å²) >= 11 is 7.22. The van der Waals surface area contributed by atoms with Crippen molar-refractivity contribution in [1.82, 2.24) is 0 Å². The molecule has 1 atom stereocenters. The number of rotatable bonds is 10. The smallest absolute Gasteiger partial charge is 0.0145 e. The first kappa shape index (κ1) is 15.0. The summed E-state index contributed by atoms with van der Waals surface area (Å²) in [5, 5.41) is 1.17. The monoisotopic (exact) mass is 326 g/mol. The molecule has 0 saturated heterocycles. The molecule has 0 aliphatic rings. The molecule has 0 aliphatic heterocycles. The number of unbranched alkanes of at least 4 members (excludes halogenated alkanes) is 5. The van der Waals surface area contributed by atoms with Gasteiger partial charge in [-0.15, -0.1) is 0 Å². The van der Waals surface area contributed by atoms with Crippen LogP contribution in [0, 0.1) is 0 Å². The highest BCUT2D eigenvalue weighted by molar-refractivity contribution is 9.09. The molecule has 0 heterocycles. The van der Waals surface area contributed by atoms with Crippen LogP contribution in [0.1, 0.15) is 64.7 Å². The first-order valence-electron chi connectivity index (χ1n) is 6.01. The van der Waals surface area contributed by atoms with Crippen LogP contribution >= 0.6 is 31.9 Å². The minimum Gasteiger partial charge on any atom is -0.0928 e. The van der Waals surface area contributed by atoms with Crippen LogP contribution in [-0.4, -0.2) is 10.2 Å². The van der Waals surface area contributed by atoms with Crippen LogP contribution in [-0.2, 0) is 0 Å². The van der Waals surface area contributed by atoms with Crippen LogP contribution in [0.5, 0.6) is 0 Å². The summed E-state index contributed by atoms with van der Waals surface area (Å²) in [6.07, 6.45) is 12.4. The highest BCUT2D eigenvalue weighted by atomic mass is 79.9. The van der Waals surface area contributed by atoms with Gasteiger partial charge in [-0.05, 0) is 19.3 Å². The van der Waals surface area contributed by atoms with E-state index >= 15 is 0 Å². The van der Waals surface area contributed by atoms with Crippen molar-refractivity contribution >= 4 is 31.9 Å². The van der Waals surface area contributed by atoms with E-state index in [0.717, 1.165) is 4.83 Å². The molecule has 0 saturated carbocycles. The zero-order valence-electron chi connectivity index (χ0n) is 9.40. The number of hydrogen-bond donors (Lipinski definition) is 0. The lowest BCUT2D eigenvalue weighted by Crippen LogP contribution is -1.97. The fraction of sp³-hybridized carbons (Fsp3) is 1.00. The van der Waals surface area contributed by atoms with Gasteiger partial charge in [-0.3, -0.25) is 0 Å². The van der Waals surface area contributed by atoms with E-state index in [1.165, 1.54) is 63.1 Å². The molecule has 0 bridgehead atoms. The second-order valence-corrected chi connectivity index (χ2v) is 6.07. The van der Waals surface area contributed by atoms with E-state index in [4.69, 9.17) is 0 Å². The molecular formula is C12H24Br2. The summed E-state index contributed by atoms with van der Waals surface area (Å²) in [7, 11) is 0. The van der Waals surface area contributed by atoms with Crippen molar-refractivity contribution in [1.29, 1.82) is 0 Å². The Labute approximate surface area is 106 Å². The van der Waals surface area contributed by atoms with Gasteiger partial charge in [0, 0.05) is 10.2 Å². The fourth-order valence-corrected chi connectivity index (χ4v) is 2.60. The third kappa shape index (κ3) is 11.0. The lowest BCUT2D eigenvalue weighted by Gasteiger charge is -2.08. The Morgan fingerprint density at radius 2 is 1.43 bits per heavy atom. The van der Waals surface area contributed by atoms with Gasteiger partial charge in [0.1, 0.15) is 0 Å². The Morgan fingerprint density at radius 3 is 2.07 bits per heavy atom. The largest absolute Gasteiger partial charge is 0.0928 e. The Morgan fingerprint density at radius 1 is 0.857 bits per heavy atom. The molecule has 1 unspecified atom stereocenters. The molecule has 0 rings (SSSR count). The van der Waals surface area contributed by atoms with E-state index in [1.54, 1.807) is 0 Å². The van der Waals surface area contributed by atoms with E-state index in [0.29, 0.717) is 0 Å². The second kappa shape index (κ2) is 12.0. The average molecular weight is 328 g/mol. The average Bonchev–Trinajstić information content (AvgIpc) is 2.20. The quantitative estimate of drug-likeness (QED) is 0.358. The highest BCUT2D eigenvalue weighted by Crippen LogP contribution is 2.17.